The zero-order valence-corrected chi connectivity index (χ0v) is 18.9. The molecule has 0 N–H and O–H groups in total. The van der Waals surface area contributed by atoms with Crippen molar-refractivity contribution in [1.29, 1.82) is 0 Å². The molecular weight excluding hydrogens is 356 g/mol. The predicted molar refractivity (Wildman–Crippen MR) is 122 cm³/mol. The number of para-hydroxylation sites is 1. The molecule has 4 rings (SSSR count). The standard InChI is InChI=1S/C25H36N4/c1-7-12-20-18(8-2)19-13-10-11-14-21(19)29-22-15-26-16-27-23(22)28(17(4)5)24(29)25(20,6)9-3/h10-11,13-18,20,24H,7-9,12H2,1-6H3. The first kappa shape index (κ1) is 20.2. The number of anilines is 3. The van der Waals surface area contributed by atoms with Gasteiger partial charge < -0.3 is 9.80 Å². The van der Waals surface area contributed by atoms with Gasteiger partial charge in [0.15, 0.2) is 5.82 Å². The van der Waals surface area contributed by atoms with Crippen LogP contribution in [0.1, 0.15) is 78.7 Å². The molecule has 0 saturated carbocycles. The van der Waals surface area contributed by atoms with E-state index in [0.717, 1.165) is 17.9 Å². The maximum atomic E-state index is 4.77. The van der Waals surface area contributed by atoms with Gasteiger partial charge in [-0.25, -0.2) is 9.97 Å². The average molecular weight is 393 g/mol. The molecule has 0 fully saturated rings. The molecule has 0 saturated heterocycles. The van der Waals surface area contributed by atoms with E-state index < -0.39 is 0 Å². The van der Waals surface area contributed by atoms with Crippen LogP contribution < -0.4 is 9.80 Å². The van der Waals surface area contributed by atoms with Gasteiger partial charge in [0.1, 0.15) is 18.2 Å². The summed E-state index contributed by atoms with van der Waals surface area (Å²) in [5.41, 5.74) is 4.14. The molecule has 4 unspecified atom stereocenters. The molecule has 1 aromatic heterocycles. The van der Waals surface area contributed by atoms with Gasteiger partial charge in [-0.05, 0) is 56.6 Å². The highest BCUT2D eigenvalue weighted by molar-refractivity contribution is 5.83. The molecule has 0 bridgehead atoms. The Morgan fingerprint density at radius 1 is 1.10 bits per heavy atom. The van der Waals surface area contributed by atoms with Crippen molar-refractivity contribution in [1.82, 2.24) is 9.97 Å². The summed E-state index contributed by atoms with van der Waals surface area (Å²) in [4.78, 5) is 14.3. The summed E-state index contributed by atoms with van der Waals surface area (Å²) in [7, 11) is 0. The Bertz CT molecular complexity index is 863. The highest BCUT2D eigenvalue weighted by Crippen LogP contribution is 2.59. The Hall–Kier alpha value is -2.10. The van der Waals surface area contributed by atoms with Crippen LogP contribution in [0.5, 0.6) is 0 Å². The maximum absolute atomic E-state index is 4.77. The van der Waals surface area contributed by atoms with Crippen LogP contribution in [0, 0.1) is 11.3 Å². The maximum Gasteiger partial charge on any atom is 0.157 e. The fraction of sp³-hybridized carbons (Fsp3) is 0.600. The number of nitrogens with zero attached hydrogens (tertiary/aromatic N) is 4. The van der Waals surface area contributed by atoms with Gasteiger partial charge in [-0.1, -0.05) is 52.3 Å². The lowest BCUT2D eigenvalue weighted by atomic mass is 9.63. The molecule has 4 nitrogen and oxygen atoms in total. The first-order chi connectivity index (χ1) is 14.0. The fourth-order valence-electron chi connectivity index (χ4n) is 6.14. The van der Waals surface area contributed by atoms with Gasteiger partial charge in [-0.15, -0.1) is 0 Å². The van der Waals surface area contributed by atoms with Crippen molar-refractivity contribution in [2.24, 2.45) is 11.3 Å². The number of fused-ring (bicyclic) bond motifs is 5. The SMILES string of the molecule is CCCC1C(CC)c2ccccc2N2c3cncnc3N(C(C)C)C2C1(C)CC. The number of rotatable bonds is 5. The van der Waals surface area contributed by atoms with Crippen LogP contribution in [-0.2, 0) is 0 Å². The Morgan fingerprint density at radius 2 is 1.86 bits per heavy atom. The minimum absolute atomic E-state index is 0.140. The van der Waals surface area contributed by atoms with Crippen molar-refractivity contribution in [2.45, 2.75) is 85.4 Å². The summed E-state index contributed by atoms with van der Waals surface area (Å²) in [5, 5.41) is 0. The van der Waals surface area contributed by atoms with Crippen molar-refractivity contribution in [3.05, 3.63) is 42.4 Å². The van der Waals surface area contributed by atoms with Crippen molar-refractivity contribution < 1.29 is 0 Å². The van der Waals surface area contributed by atoms with E-state index in [9.17, 15) is 0 Å². The molecule has 2 aromatic rings. The van der Waals surface area contributed by atoms with E-state index >= 15 is 0 Å². The third-order valence-corrected chi connectivity index (χ3v) is 7.56. The van der Waals surface area contributed by atoms with Gasteiger partial charge in [0, 0.05) is 17.1 Å². The first-order valence-corrected chi connectivity index (χ1v) is 11.5. The molecule has 0 aliphatic carbocycles. The van der Waals surface area contributed by atoms with E-state index in [1.54, 1.807) is 6.33 Å². The second-order valence-electron chi connectivity index (χ2n) is 9.30. The van der Waals surface area contributed by atoms with Gasteiger partial charge in [0.2, 0.25) is 0 Å². The molecule has 29 heavy (non-hydrogen) atoms. The molecule has 4 atom stereocenters. The third-order valence-electron chi connectivity index (χ3n) is 7.56. The summed E-state index contributed by atoms with van der Waals surface area (Å²) in [6, 6.07) is 9.46. The van der Waals surface area contributed by atoms with Gasteiger partial charge in [-0.3, -0.25) is 0 Å². The Balaban J connectivity index is 2.05. The average Bonchev–Trinajstić information content (AvgIpc) is 3.05. The van der Waals surface area contributed by atoms with E-state index in [0.29, 0.717) is 17.9 Å². The van der Waals surface area contributed by atoms with E-state index in [-0.39, 0.29) is 11.6 Å². The largest absolute Gasteiger partial charge is 0.331 e. The predicted octanol–water partition coefficient (Wildman–Crippen LogP) is 6.51. The van der Waals surface area contributed by atoms with Crippen LogP contribution in [0.4, 0.5) is 17.2 Å². The molecule has 0 spiro atoms. The lowest BCUT2D eigenvalue weighted by molar-refractivity contribution is 0.101. The molecule has 2 aliphatic heterocycles. The number of benzene rings is 1. The van der Waals surface area contributed by atoms with Crippen LogP contribution in [0.3, 0.4) is 0 Å². The third kappa shape index (κ3) is 2.86. The van der Waals surface area contributed by atoms with Crippen LogP contribution in [0.15, 0.2) is 36.8 Å². The van der Waals surface area contributed by atoms with Crippen molar-refractivity contribution >= 4 is 17.2 Å². The summed E-state index contributed by atoms with van der Waals surface area (Å²) in [6.07, 6.45) is 8.79. The van der Waals surface area contributed by atoms with Crippen LogP contribution >= 0.6 is 0 Å². The molecule has 4 heteroatoms. The molecule has 156 valence electrons. The minimum Gasteiger partial charge on any atom is -0.331 e. The highest BCUT2D eigenvalue weighted by atomic mass is 15.5. The van der Waals surface area contributed by atoms with E-state index in [4.69, 9.17) is 4.98 Å². The lowest BCUT2D eigenvalue weighted by Gasteiger charge is -2.49. The molecule has 0 radical (unpaired) electrons. The summed E-state index contributed by atoms with van der Waals surface area (Å²) < 4.78 is 0. The summed E-state index contributed by atoms with van der Waals surface area (Å²) in [5.74, 6) is 2.28. The Kier molecular flexibility index (Phi) is 5.30. The highest BCUT2D eigenvalue weighted by Gasteiger charge is 2.55. The molecule has 1 aromatic carbocycles. The van der Waals surface area contributed by atoms with Crippen LogP contribution in [-0.4, -0.2) is 22.2 Å². The topological polar surface area (TPSA) is 32.3 Å². The molecule has 3 heterocycles. The quantitative estimate of drug-likeness (QED) is 0.580. The fourth-order valence-corrected chi connectivity index (χ4v) is 6.14. The zero-order valence-electron chi connectivity index (χ0n) is 18.9. The van der Waals surface area contributed by atoms with Crippen molar-refractivity contribution in [2.75, 3.05) is 9.80 Å². The number of aromatic nitrogens is 2. The van der Waals surface area contributed by atoms with Crippen molar-refractivity contribution in [3.63, 3.8) is 0 Å². The van der Waals surface area contributed by atoms with Gasteiger partial charge in [0.25, 0.3) is 0 Å². The molecule has 2 aliphatic rings. The van der Waals surface area contributed by atoms with Crippen LogP contribution in [0.25, 0.3) is 0 Å². The van der Waals surface area contributed by atoms with Crippen LogP contribution in [0.2, 0.25) is 0 Å². The Labute approximate surface area is 176 Å². The summed E-state index contributed by atoms with van der Waals surface area (Å²) >= 11 is 0. The van der Waals surface area contributed by atoms with Crippen molar-refractivity contribution in [3.8, 4) is 0 Å². The van der Waals surface area contributed by atoms with E-state index in [2.05, 4.69) is 80.6 Å². The zero-order chi connectivity index (χ0) is 20.8. The molecular formula is C25H36N4. The number of hydrogen-bond donors (Lipinski definition) is 0. The normalized spacial score (nSPS) is 28.2. The smallest absolute Gasteiger partial charge is 0.157 e. The lowest BCUT2D eigenvalue weighted by Crippen LogP contribution is -2.56. The second-order valence-corrected chi connectivity index (χ2v) is 9.30. The monoisotopic (exact) mass is 392 g/mol. The Morgan fingerprint density at radius 3 is 2.52 bits per heavy atom. The van der Waals surface area contributed by atoms with Gasteiger partial charge in [-0.2, -0.15) is 0 Å². The van der Waals surface area contributed by atoms with E-state index in [1.807, 2.05) is 6.20 Å². The van der Waals surface area contributed by atoms with Gasteiger partial charge in [0.05, 0.1) is 6.20 Å². The van der Waals surface area contributed by atoms with Gasteiger partial charge >= 0.3 is 0 Å². The second kappa shape index (κ2) is 7.62. The molecule has 0 amide bonds. The van der Waals surface area contributed by atoms with E-state index in [1.165, 1.54) is 30.5 Å². The minimum atomic E-state index is 0.140. The number of hydrogen-bond acceptors (Lipinski definition) is 4. The first-order valence-electron chi connectivity index (χ1n) is 11.5. The summed E-state index contributed by atoms with van der Waals surface area (Å²) in [6.45, 7) is 14.2.